The molecular weight excluding hydrogens is 330 g/mol. The quantitative estimate of drug-likeness (QED) is 0.367. The van der Waals surface area contributed by atoms with Gasteiger partial charge in [0.2, 0.25) is 0 Å². The van der Waals surface area contributed by atoms with Gasteiger partial charge in [0.25, 0.3) is 0 Å². The van der Waals surface area contributed by atoms with Gasteiger partial charge >= 0.3 is 0 Å². The van der Waals surface area contributed by atoms with Crippen LogP contribution in [0.2, 0.25) is 0 Å². The molecule has 0 radical (unpaired) electrons. The summed E-state index contributed by atoms with van der Waals surface area (Å²) >= 11 is 5.42. The van der Waals surface area contributed by atoms with Crippen LogP contribution < -0.4 is 15.5 Å². The molecule has 2 N–H and O–H groups in total. The molecule has 4 nitrogen and oxygen atoms in total. The van der Waals surface area contributed by atoms with Crippen LogP contribution in [0.15, 0.2) is 41.5 Å². The van der Waals surface area contributed by atoms with E-state index < -0.39 is 0 Å². The molecule has 3 aliphatic carbocycles. The molecule has 1 aromatic rings. The molecule has 3 aliphatic rings. The van der Waals surface area contributed by atoms with E-state index in [0.29, 0.717) is 17.8 Å². The van der Waals surface area contributed by atoms with Crippen LogP contribution >= 0.6 is 12.2 Å². The minimum Gasteiger partial charge on any atom is -0.494 e. The molecule has 5 atom stereocenters. The first kappa shape index (κ1) is 16.6. The Labute approximate surface area is 154 Å². The Morgan fingerprint density at radius 3 is 2.92 bits per heavy atom. The average Bonchev–Trinajstić information content (AvgIpc) is 3.29. The summed E-state index contributed by atoms with van der Waals surface area (Å²) in [5, 5.41) is 8.37. The van der Waals surface area contributed by atoms with Crippen LogP contribution in [0.5, 0.6) is 5.75 Å². The van der Waals surface area contributed by atoms with E-state index in [1.165, 1.54) is 19.3 Å². The van der Waals surface area contributed by atoms with Crippen LogP contribution in [0.4, 0.5) is 0 Å². The van der Waals surface area contributed by atoms with Gasteiger partial charge in [0.15, 0.2) is 5.11 Å². The minimum absolute atomic E-state index is 0.495. The van der Waals surface area contributed by atoms with Gasteiger partial charge in [-0.05, 0) is 91.9 Å². The molecule has 0 heterocycles. The number of benzene rings is 1. The summed E-state index contributed by atoms with van der Waals surface area (Å²) in [5.74, 6) is 4.16. The average molecular weight is 356 g/mol. The number of nitrogens with zero attached hydrogens (tertiary/aromatic N) is 1. The topological polar surface area (TPSA) is 45.6 Å². The Morgan fingerprint density at radius 2 is 2.12 bits per heavy atom. The lowest BCUT2D eigenvalue weighted by molar-refractivity contribution is 0.246. The number of fused-ring (bicyclic) bond motifs is 5. The molecule has 0 amide bonds. The second kappa shape index (κ2) is 7.16. The smallest absolute Gasteiger partial charge is 0.187 e. The Bertz CT molecular complexity index is 685. The second-order valence-electron chi connectivity index (χ2n) is 7.25. The molecule has 132 valence electrons. The molecule has 2 saturated carbocycles. The van der Waals surface area contributed by atoms with Crippen molar-refractivity contribution in [1.82, 2.24) is 10.7 Å². The van der Waals surface area contributed by atoms with Crippen molar-refractivity contribution in [2.75, 3.05) is 6.61 Å². The zero-order valence-corrected chi connectivity index (χ0v) is 15.3. The highest BCUT2D eigenvalue weighted by molar-refractivity contribution is 7.80. The summed E-state index contributed by atoms with van der Waals surface area (Å²) in [7, 11) is 0. The first-order valence-corrected chi connectivity index (χ1v) is 9.64. The van der Waals surface area contributed by atoms with Gasteiger partial charge in [-0.2, -0.15) is 5.10 Å². The van der Waals surface area contributed by atoms with Crippen molar-refractivity contribution in [1.29, 1.82) is 0 Å². The van der Waals surface area contributed by atoms with Crippen molar-refractivity contribution in [2.24, 2.45) is 28.8 Å². The zero-order chi connectivity index (χ0) is 17.2. The predicted molar refractivity (Wildman–Crippen MR) is 105 cm³/mol. The molecule has 4 rings (SSSR count). The molecule has 0 saturated heterocycles. The highest BCUT2D eigenvalue weighted by atomic mass is 32.1. The monoisotopic (exact) mass is 355 g/mol. The molecule has 25 heavy (non-hydrogen) atoms. The maximum atomic E-state index is 5.44. The first-order valence-electron chi connectivity index (χ1n) is 9.23. The summed E-state index contributed by atoms with van der Waals surface area (Å²) in [4.78, 5) is 0. The van der Waals surface area contributed by atoms with E-state index in [-0.39, 0.29) is 0 Å². The summed E-state index contributed by atoms with van der Waals surface area (Å²) in [6, 6.07) is 8.35. The third kappa shape index (κ3) is 3.43. The second-order valence-corrected chi connectivity index (χ2v) is 7.66. The van der Waals surface area contributed by atoms with Gasteiger partial charge in [-0.3, -0.25) is 5.43 Å². The van der Waals surface area contributed by atoms with Gasteiger partial charge in [-0.15, -0.1) is 0 Å². The van der Waals surface area contributed by atoms with E-state index in [2.05, 4.69) is 28.0 Å². The number of thiocarbonyl (C=S) groups is 1. The number of allylic oxidation sites excluding steroid dienone is 2. The summed E-state index contributed by atoms with van der Waals surface area (Å²) < 4.78 is 5.44. The lowest BCUT2D eigenvalue weighted by Gasteiger charge is -2.32. The third-order valence-electron chi connectivity index (χ3n) is 5.90. The van der Waals surface area contributed by atoms with Gasteiger partial charge in [-0.1, -0.05) is 12.2 Å². The molecule has 2 fully saturated rings. The molecule has 0 unspecified atom stereocenters. The van der Waals surface area contributed by atoms with Crippen molar-refractivity contribution < 1.29 is 4.74 Å². The fraction of sp³-hybridized carbons (Fsp3) is 0.500. The lowest BCUT2D eigenvalue weighted by atomic mass is 9.79. The van der Waals surface area contributed by atoms with Crippen molar-refractivity contribution in [3.63, 3.8) is 0 Å². The highest BCUT2D eigenvalue weighted by Crippen LogP contribution is 2.56. The van der Waals surface area contributed by atoms with Gasteiger partial charge in [0, 0.05) is 6.04 Å². The van der Waals surface area contributed by atoms with Gasteiger partial charge < -0.3 is 10.1 Å². The SMILES string of the molecule is CCOc1ccc(/C=N\NC(=S)N[C@@H]2C[C@@H]3C[C@@H]2[C@H]2C=CC[C@H]32)cc1. The van der Waals surface area contributed by atoms with Crippen molar-refractivity contribution in [2.45, 2.75) is 32.2 Å². The fourth-order valence-electron chi connectivity index (χ4n) is 4.89. The van der Waals surface area contributed by atoms with Crippen LogP contribution in [0.1, 0.15) is 31.7 Å². The van der Waals surface area contributed by atoms with Crippen molar-refractivity contribution in [3.05, 3.63) is 42.0 Å². The lowest BCUT2D eigenvalue weighted by Crippen LogP contribution is -2.45. The molecule has 1 aromatic carbocycles. The minimum atomic E-state index is 0.495. The molecular formula is C20H25N3OS. The summed E-state index contributed by atoms with van der Waals surface area (Å²) in [5.41, 5.74) is 3.97. The van der Waals surface area contributed by atoms with E-state index in [0.717, 1.165) is 35.0 Å². The fourth-order valence-corrected chi connectivity index (χ4v) is 5.10. The van der Waals surface area contributed by atoms with Gasteiger partial charge in [0.1, 0.15) is 5.75 Å². The normalized spacial score (nSPS) is 32.1. The molecule has 5 heteroatoms. The Hall–Kier alpha value is -1.88. The summed E-state index contributed by atoms with van der Waals surface area (Å²) in [6.45, 7) is 2.65. The van der Waals surface area contributed by atoms with E-state index in [9.17, 15) is 0 Å². The highest BCUT2D eigenvalue weighted by Gasteiger charge is 2.52. The zero-order valence-electron chi connectivity index (χ0n) is 14.5. The third-order valence-corrected chi connectivity index (χ3v) is 6.11. The predicted octanol–water partition coefficient (Wildman–Crippen LogP) is 3.48. The Morgan fingerprint density at radius 1 is 1.28 bits per heavy atom. The van der Waals surface area contributed by atoms with Crippen LogP contribution in [0.25, 0.3) is 0 Å². The van der Waals surface area contributed by atoms with E-state index >= 15 is 0 Å². The van der Waals surface area contributed by atoms with Gasteiger partial charge in [0.05, 0.1) is 12.8 Å². The van der Waals surface area contributed by atoms with Crippen LogP contribution in [-0.4, -0.2) is 24.0 Å². The number of rotatable bonds is 5. The van der Waals surface area contributed by atoms with Crippen LogP contribution in [0, 0.1) is 23.7 Å². The summed E-state index contributed by atoms with van der Waals surface area (Å²) in [6.07, 6.45) is 10.5. The van der Waals surface area contributed by atoms with Crippen molar-refractivity contribution in [3.8, 4) is 5.75 Å². The van der Waals surface area contributed by atoms with E-state index in [1.807, 2.05) is 31.2 Å². The largest absolute Gasteiger partial charge is 0.494 e. The molecule has 0 spiro atoms. The van der Waals surface area contributed by atoms with Crippen LogP contribution in [-0.2, 0) is 0 Å². The number of nitrogens with one attached hydrogen (secondary N) is 2. The molecule has 0 aromatic heterocycles. The Balaban J connectivity index is 1.26. The van der Waals surface area contributed by atoms with Crippen molar-refractivity contribution >= 4 is 23.5 Å². The number of hydrogen-bond donors (Lipinski definition) is 2. The Kier molecular flexibility index (Phi) is 4.75. The number of hydrazone groups is 1. The van der Waals surface area contributed by atoms with Gasteiger partial charge in [-0.25, -0.2) is 0 Å². The molecule has 2 bridgehead atoms. The maximum absolute atomic E-state index is 5.44. The standard InChI is InChI=1S/C20H25N3OS/c1-2-24-15-8-6-13(7-9-15)12-21-23-20(25)22-19-11-14-10-18(19)17-5-3-4-16(14)17/h3,5-9,12,14,16-19H,2,4,10-11H2,1H3,(H2,22,23,25)/b21-12-/t14-,16+,17-,18+,19+/m0/s1. The number of hydrogen-bond acceptors (Lipinski definition) is 3. The first-order chi connectivity index (χ1) is 12.2. The van der Waals surface area contributed by atoms with E-state index in [4.69, 9.17) is 17.0 Å². The van der Waals surface area contributed by atoms with Crippen LogP contribution in [0.3, 0.4) is 0 Å². The van der Waals surface area contributed by atoms with E-state index in [1.54, 1.807) is 6.21 Å². The number of ether oxygens (including phenoxy) is 1. The maximum Gasteiger partial charge on any atom is 0.187 e. The molecule has 0 aliphatic heterocycles.